The van der Waals surface area contributed by atoms with Crippen LogP contribution in [0.25, 0.3) is 0 Å². The van der Waals surface area contributed by atoms with Crippen molar-refractivity contribution in [3.63, 3.8) is 0 Å². The first-order chi connectivity index (χ1) is 15.4. The van der Waals surface area contributed by atoms with Gasteiger partial charge in [-0.3, -0.25) is 15.4 Å². The molecule has 3 amide bonds. The molecule has 2 aromatic rings. The van der Waals surface area contributed by atoms with Gasteiger partial charge in [-0.15, -0.1) is 0 Å². The molecule has 0 heterocycles. The van der Waals surface area contributed by atoms with Gasteiger partial charge >= 0.3 is 12.2 Å². The average Bonchev–Trinajstić information content (AvgIpc) is 2.76. The van der Waals surface area contributed by atoms with Crippen LogP contribution in [-0.4, -0.2) is 59.4 Å². The van der Waals surface area contributed by atoms with Crippen LogP contribution in [0.4, 0.5) is 9.59 Å². The molecule has 0 bridgehead atoms. The third-order valence-corrected chi connectivity index (χ3v) is 4.58. The summed E-state index contributed by atoms with van der Waals surface area (Å²) < 4.78 is 0. The van der Waals surface area contributed by atoms with Gasteiger partial charge in [0.2, 0.25) is 5.91 Å². The predicted molar refractivity (Wildman–Crippen MR) is 116 cm³/mol. The van der Waals surface area contributed by atoms with Crippen molar-refractivity contribution >= 4 is 24.4 Å². The number of carbonyl (C=O) groups is 4. The third-order valence-electron chi connectivity index (χ3n) is 4.58. The number of rotatable bonds is 12. The van der Waals surface area contributed by atoms with Crippen molar-refractivity contribution in [1.82, 2.24) is 21.3 Å². The SMILES string of the molecule is O=CC(Cc1ccccc1)NCC(NC(=O)O)N[C@@H](Cc1ccccc1)C(=O)NC(=O)O. The van der Waals surface area contributed by atoms with E-state index in [4.69, 9.17) is 5.11 Å². The fraction of sp³-hybridized carbons (Fsp3) is 0.273. The molecule has 0 fully saturated rings. The molecule has 2 rings (SSSR count). The van der Waals surface area contributed by atoms with E-state index in [1.165, 1.54) is 0 Å². The number of hydrogen-bond donors (Lipinski definition) is 6. The highest BCUT2D eigenvalue weighted by Crippen LogP contribution is 2.05. The standard InChI is InChI=1S/C22H26N4O6/c27-14-17(11-15-7-3-1-4-8-15)23-13-19(25-21(29)30)24-18(20(28)26-22(31)32)12-16-9-5-2-6-10-16/h1-10,14,17-19,23-25H,11-13H2,(H,26,28)(H,29,30)(H,31,32)/t17?,18-,19?/m0/s1. The molecule has 0 aromatic heterocycles. The molecule has 10 heteroatoms. The topological polar surface area (TPSA) is 157 Å². The van der Waals surface area contributed by atoms with Crippen molar-refractivity contribution in [1.29, 1.82) is 0 Å². The van der Waals surface area contributed by atoms with Crippen LogP contribution in [0, 0.1) is 0 Å². The van der Waals surface area contributed by atoms with E-state index in [0.717, 1.165) is 17.4 Å². The van der Waals surface area contributed by atoms with Crippen LogP contribution in [0.3, 0.4) is 0 Å². The molecule has 2 unspecified atom stereocenters. The fourth-order valence-corrected chi connectivity index (χ4v) is 3.12. The zero-order valence-corrected chi connectivity index (χ0v) is 17.2. The van der Waals surface area contributed by atoms with Crippen LogP contribution < -0.4 is 21.3 Å². The highest BCUT2D eigenvalue weighted by molar-refractivity contribution is 5.94. The zero-order valence-electron chi connectivity index (χ0n) is 17.2. The van der Waals surface area contributed by atoms with Gasteiger partial charge in [-0.05, 0) is 24.0 Å². The van der Waals surface area contributed by atoms with Gasteiger partial charge in [-0.1, -0.05) is 60.7 Å². The molecule has 10 nitrogen and oxygen atoms in total. The molecule has 0 saturated carbocycles. The molecular formula is C22H26N4O6. The Morgan fingerprint density at radius 1 is 0.844 bits per heavy atom. The predicted octanol–water partition coefficient (Wildman–Crippen LogP) is 0.975. The maximum Gasteiger partial charge on any atom is 0.411 e. The second-order valence-electron chi connectivity index (χ2n) is 7.05. The first kappa shape index (κ1) is 24.5. The van der Waals surface area contributed by atoms with E-state index >= 15 is 0 Å². The Kier molecular flexibility index (Phi) is 9.82. The number of carbonyl (C=O) groups excluding carboxylic acids is 2. The lowest BCUT2D eigenvalue weighted by Crippen LogP contribution is -2.59. The van der Waals surface area contributed by atoms with E-state index in [9.17, 15) is 24.3 Å². The molecular weight excluding hydrogens is 416 g/mol. The Balaban J connectivity index is 2.09. The smallest absolute Gasteiger partial charge is 0.411 e. The number of amides is 3. The van der Waals surface area contributed by atoms with Crippen LogP contribution in [-0.2, 0) is 22.4 Å². The van der Waals surface area contributed by atoms with E-state index in [1.54, 1.807) is 35.6 Å². The van der Waals surface area contributed by atoms with Crippen molar-refractivity contribution in [3.05, 3.63) is 71.8 Å². The Hall–Kier alpha value is -3.76. The number of nitrogens with one attached hydrogen (secondary N) is 4. The Morgan fingerprint density at radius 3 is 1.91 bits per heavy atom. The van der Waals surface area contributed by atoms with Gasteiger partial charge in [0.05, 0.1) is 18.2 Å². The Bertz CT molecular complexity index is 894. The van der Waals surface area contributed by atoms with Gasteiger partial charge in [-0.2, -0.15) is 0 Å². The molecule has 0 saturated heterocycles. The summed E-state index contributed by atoms with van der Waals surface area (Å²) in [6.07, 6.45) is -2.58. The molecule has 2 aromatic carbocycles. The van der Waals surface area contributed by atoms with Crippen LogP contribution in [0.15, 0.2) is 60.7 Å². The minimum atomic E-state index is -1.51. The van der Waals surface area contributed by atoms with Gasteiger partial charge in [0.15, 0.2) is 0 Å². The molecule has 32 heavy (non-hydrogen) atoms. The Labute approximate surface area is 185 Å². The molecule has 6 N–H and O–H groups in total. The molecule has 170 valence electrons. The van der Waals surface area contributed by atoms with E-state index in [2.05, 4.69) is 16.0 Å². The van der Waals surface area contributed by atoms with Crippen molar-refractivity contribution in [3.8, 4) is 0 Å². The van der Waals surface area contributed by atoms with E-state index in [0.29, 0.717) is 6.42 Å². The van der Waals surface area contributed by atoms with Gasteiger partial charge in [0.1, 0.15) is 6.29 Å². The molecule has 0 radical (unpaired) electrons. The molecule has 0 aliphatic rings. The highest BCUT2D eigenvalue weighted by Gasteiger charge is 2.25. The van der Waals surface area contributed by atoms with Gasteiger partial charge < -0.3 is 25.6 Å². The second kappa shape index (κ2) is 12.8. The van der Waals surface area contributed by atoms with Crippen molar-refractivity contribution in [2.75, 3.05) is 6.54 Å². The van der Waals surface area contributed by atoms with E-state index < -0.39 is 36.3 Å². The van der Waals surface area contributed by atoms with Crippen LogP contribution in [0.5, 0.6) is 0 Å². The lowest BCUT2D eigenvalue weighted by molar-refractivity contribution is -0.122. The summed E-state index contributed by atoms with van der Waals surface area (Å²) in [6, 6.07) is 16.5. The lowest BCUT2D eigenvalue weighted by Gasteiger charge is -2.26. The first-order valence-electron chi connectivity index (χ1n) is 9.93. The number of carboxylic acid groups (broad SMARTS) is 2. The zero-order chi connectivity index (χ0) is 23.3. The monoisotopic (exact) mass is 442 g/mol. The maximum atomic E-state index is 12.4. The van der Waals surface area contributed by atoms with Gasteiger partial charge in [-0.25, -0.2) is 9.59 Å². The highest BCUT2D eigenvalue weighted by atomic mass is 16.4. The summed E-state index contributed by atoms with van der Waals surface area (Å²) in [6.45, 7) is -0.0197. The summed E-state index contributed by atoms with van der Waals surface area (Å²) in [5.41, 5.74) is 1.68. The summed E-state index contributed by atoms with van der Waals surface area (Å²) >= 11 is 0. The first-order valence-corrected chi connectivity index (χ1v) is 9.93. The second-order valence-corrected chi connectivity index (χ2v) is 7.05. The van der Waals surface area contributed by atoms with Crippen molar-refractivity contribution < 1.29 is 29.4 Å². The number of hydrogen-bond acceptors (Lipinski definition) is 6. The number of aldehydes is 1. The van der Waals surface area contributed by atoms with Gasteiger partial charge in [0.25, 0.3) is 0 Å². The summed E-state index contributed by atoms with van der Waals surface area (Å²) in [5, 5.41) is 27.9. The third kappa shape index (κ3) is 8.94. The molecule has 0 aliphatic heterocycles. The minimum Gasteiger partial charge on any atom is -0.465 e. The number of benzene rings is 2. The largest absolute Gasteiger partial charge is 0.465 e. The van der Waals surface area contributed by atoms with Crippen LogP contribution in [0.1, 0.15) is 11.1 Å². The van der Waals surface area contributed by atoms with Crippen molar-refractivity contribution in [2.24, 2.45) is 0 Å². The van der Waals surface area contributed by atoms with Crippen molar-refractivity contribution in [2.45, 2.75) is 31.1 Å². The molecule has 0 aliphatic carbocycles. The normalized spacial score (nSPS) is 13.4. The Morgan fingerprint density at radius 2 is 1.41 bits per heavy atom. The molecule has 3 atom stereocenters. The minimum absolute atomic E-state index is 0.0197. The van der Waals surface area contributed by atoms with Crippen LogP contribution in [0.2, 0.25) is 0 Å². The summed E-state index contributed by atoms with van der Waals surface area (Å²) in [4.78, 5) is 46.1. The lowest BCUT2D eigenvalue weighted by atomic mass is 10.0. The summed E-state index contributed by atoms with van der Waals surface area (Å²) in [5.74, 6) is -0.824. The van der Waals surface area contributed by atoms with E-state index in [-0.39, 0.29) is 13.0 Å². The van der Waals surface area contributed by atoms with Crippen LogP contribution >= 0.6 is 0 Å². The molecule has 0 spiro atoms. The maximum absolute atomic E-state index is 12.4. The van der Waals surface area contributed by atoms with Gasteiger partial charge in [0, 0.05) is 6.54 Å². The summed E-state index contributed by atoms with van der Waals surface area (Å²) in [7, 11) is 0. The van der Waals surface area contributed by atoms with E-state index in [1.807, 2.05) is 30.3 Å². The number of imide groups is 1. The average molecular weight is 442 g/mol. The quantitative estimate of drug-likeness (QED) is 0.210. The fourth-order valence-electron chi connectivity index (χ4n) is 3.12.